The number of sulfone groups is 1. The molecule has 0 spiro atoms. The second kappa shape index (κ2) is 6.31. The van der Waals surface area contributed by atoms with Gasteiger partial charge in [-0.25, -0.2) is 21.6 Å². The summed E-state index contributed by atoms with van der Waals surface area (Å²) in [5.74, 6) is -0.454. The van der Waals surface area contributed by atoms with Crippen molar-refractivity contribution in [1.29, 1.82) is 0 Å². The number of aliphatic hydroxyl groups is 1. The molecule has 108 valence electrons. The molecule has 0 heterocycles. The van der Waals surface area contributed by atoms with E-state index < -0.39 is 25.6 Å². The maximum atomic E-state index is 11.6. The number of sulfonamides is 1. The second-order valence-electron chi connectivity index (χ2n) is 4.93. The van der Waals surface area contributed by atoms with E-state index >= 15 is 0 Å². The van der Waals surface area contributed by atoms with Crippen molar-refractivity contribution in [3.8, 4) is 0 Å². The van der Waals surface area contributed by atoms with E-state index in [4.69, 9.17) is 5.11 Å². The highest BCUT2D eigenvalue weighted by Crippen LogP contribution is 2.30. The molecule has 1 rings (SSSR count). The van der Waals surface area contributed by atoms with Gasteiger partial charge >= 0.3 is 0 Å². The normalized spacial score (nSPS) is 25.4. The van der Waals surface area contributed by atoms with Crippen LogP contribution in [-0.4, -0.2) is 52.9 Å². The Hall–Kier alpha value is -0.180. The van der Waals surface area contributed by atoms with E-state index in [1.807, 2.05) is 0 Å². The summed E-state index contributed by atoms with van der Waals surface area (Å²) in [6.07, 6.45) is 3.84. The van der Waals surface area contributed by atoms with Crippen LogP contribution in [0.25, 0.3) is 0 Å². The topological polar surface area (TPSA) is 101 Å². The summed E-state index contributed by atoms with van der Waals surface area (Å²) in [5.41, 5.74) is 0. The number of nitrogens with one attached hydrogen (secondary N) is 1. The molecule has 0 radical (unpaired) electrons. The predicted molar refractivity (Wildman–Crippen MR) is 69.4 cm³/mol. The highest BCUT2D eigenvalue weighted by atomic mass is 32.2. The molecule has 6 nitrogen and oxygen atoms in total. The Morgan fingerprint density at radius 2 is 1.72 bits per heavy atom. The van der Waals surface area contributed by atoms with Gasteiger partial charge in [0.15, 0.2) is 0 Å². The van der Waals surface area contributed by atoms with E-state index in [-0.39, 0.29) is 30.7 Å². The van der Waals surface area contributed by atoms with E-state index in [0.717, 1.165) is 25.5 Å². The monoisotopic (exact) mass is 299 g/mol. The minimum atomic E-state index is -3.54. The van der Waals surface area contributed by atoms with Gasteiger partial charge in [0.25, 0.3) is 0 Å². The Kier molecular flexibility index (Phi) is 5.57. The van der Waals surface area contributed by atoms with Gasteiger partial charge in [0.05, 0.1) is 11.5 Å². The van der Waals surface area contributed by atoms with Gasteiger partial charge in [0, 0.05) is 19.4 Å². The molecule has 0 amide bonds. The van der Waals surface area contributed by atoms with Crippen LogP contribution < -0.4 is 4.72 Å². The Morgan fingerprint density at radius 1 is 1.11 bits per heavy atom. The first-order chi connectivity index (χ1) is 8.23. The molecule has 2 N–H and O–H groups in total. The molecule has 1 saturated carbocycles. The van der Waals surface area contributed by atoms with Gasteiger partial charge in [-0.2, -0.15) is 0 Å². The van der Waals surface area contributed by atoms with Gasteiger partial charge in [-0.05, 0) is 24.7 Å². The lowest BCUT2D eigenvalue weighted by atomic mass is 9.97. The van der Waals surface area contributed by atoms with E-state index in [1.54, 1.807) is 0 Å². The van der Waals surface area contributed by atoms with Gasteiger partial charge in [-0.3, -0.25) is 0 Å². The number of rotatable bonds is 7. The van der Waals surface area contributed by atoms with Crippen LogP contribution in [0, 0.1) is 11.8 Å². The fourth-order valence-corrected chi connectivity index (χ4v) is 4.89. The fourth-order valence-electron chi connectivity index (χ4n) is 2.19. The van der Waals surface area contributed by atoms with Gasteiger partial charge in [-0.15, -0.1) is 0 Å². The van der Waals surface area contributed by atoms with Gasteiger partial charge in [0.2, 0.25) is 10.0 Å². The average molecular weight is 299 g/mol. The summed E-state index contributed by atoms with van der Waals surface area (Å²) >= 11 is 0. The van der Waals surface area contributed by atoms with E-state index in [0.29, 0.717) is 0 Å². The maximum absolute atomic E-state index is 11.6. The molecule has 0 aliphatic heterocycles. The van der Waals surface area contributed by atoms with Crippen LogP contribution >= 0.6 is 0 Å². The van der Waals surface area contributed by atoms with E-state index in [9.17, 15) is 16.8 Å². The number of aliphatic hydroxyl groups excluding tert-OH is 1. The Morgan fingerprint density at radius 3 is 2.28 bits per heavy atom. The lowest BCUT2D eigenvalue weighted by molar-refractivity contribution is 0.195. The van der Waals surface area contributed by atoms with Crippen LogP contribution in [0.1, 0.15) is 19.3 Å². The summed E-state index contributed by atoms with van der Waals surface area (Å²) in [6, 6.07) is 0. The van der Waals surface area contributed by atoms with Crippen LogP contribution in [0.5, 0.6) is 0 Å². The van der Waals surface area contributed by atoms with Crippen molar-refractivity contribution in [2.45, 2.75) is 19.3 Å². The Labute approximate surface area is 109 Å². The van der Waals surface area contributed by atoms with Crippen LogP contribution in [0.2, 0.25) is 0 Å². The molecular weight excluding hydrogens is 278 g/mol. The summed E-state index contributed by atoms with van der Waals surface area (Å²) in [4.78, 5) is 0. The third-order valence-electron chi connectivity index (χ3n) is 3.34. The Balaban J connectivity index is 2.42. The highest BCUT2D eigenvalue weighted by molar-refractivity contribution is 7.93. The first-order valence-electron chi connectivity index (χ1n) is 5.99. The smallest absolute Gasteiger partial charge is 0.212 e. The first-order valence-corrected chi connectivity index (χ1v) is 9.71. The summed E-state index contributed by atoms with van der Waals surface area (Å²) < 4.78 is 47.4. The zero-order valence-corrected chi connectivity index (χ0v) is 12.1. The molecule has 0 saturated heterocycles. The molecule has 1 fully saturated rings. The highest BCUT2D eigenvalue weighted by Gasteiger charge is 2.27. The minimum Gasteiger partial charge on any atom is -0.396 e. The molecule has 18 heavy (non-hydrogen) atoms. The summed E-state index contributed by atoms with van der Waals surface area (Å²) in [7, 11) is -6.81. The fraction of sp³-hybridized carbons (Fsp3) is 1.00. The molecule has 0 aromatic carbocycles. The van der Waals surface area contributed by atoms with Crippen molar-refractivity contribution in [2.75, 3.05) is 30.9 Å². The van der Waals surface area contributed by atoms with Gasteiger partial charge in [-0.1, -0.05) is 6.42 Å². The van der Waals surface area contributed by atoms with Crippen molar-refractivity contribution in [1.82, 2.24) is 4.72 Å². The standard InChI is InChI=1S/C10H21NO5S2/c1-17(13,14)5-6-18(15,16)11-7-9-3-2-4-10(9)8-12/h9-12H,2-8H2,1H3. The van der Waals surface area contributed by atoms with Crippen molar-refractivity contribution in [3.05, 3.63) is 0 Å². The molecule has 8 heteroatoms. The first kappa shape index (κ1) is 15.9. The largest absolute Gasteiger partial charge is 0.396 e. The number of hydrogen-bond acceptors (Lipinski definition) is 5. The molecule has 1 aliphatic rings. The molecule has 0 bridgehead atoms. The molecular formula is C10H21NO5S2. The van der Waals surface area contributed by atoms with Crippen LogP contribution in [0.4, 0.5) is 0 Å². The van der Waals surface area contributed by atoms with E-state index in [1.165, 1.54) is 0 Å². The minimum absolute atomic E-state index is 0.0791. The van der Waals surface area contributed by atoms with Gasteiger partial charge in [0.1, 0.15) is 9.84 Å². The molecule has 1 aliphatic carbocycles. The quantitative estimate of drug-likeness (QED) is 0.651. The SMILES string of the molecule is CS(=O)(=O)CCS(=O)(=O)NCC1CCCC1CO. The number of hydrogen-bond donors (Lipinski definition) is 2. The van der Waals surface area contributed by atoms with Crippen molar-refractivity contribution < 1.29 is 21.9 Å². The van der Waals surface area contributed by atoms with Crippen molar-refractivity contribution in [2.24, 2.45) is 11.8 Å². The lowest BCUT2D eigenvalue weighted by Crippen LogP contribution is -2.34. The zero-order chi connectivity index (χ0) is 13.8. The summed E-state index contributed by atoms with van der Waals surface area (Å²) in [5, 5.41) is 9.12. The summed E-state index contributed by atoms with van der Waals surface area (Å²) in [6.45, 7) is 0.368. The zero-order valence-electron chi connectivity index (χ0n) is 10.5. The maximum Gasteiger partial charge on any atom is 0.212 e. The third-order valence-corrected chi connectivity index (χ3v) is 5.89. The van der Waals surface area contributed by atoms with Crippen LogP contribution in [0.3, 0.4) is 0 Å². The molecule has 0 aromatic heterocycles. The molecule has 2 atom stereocenters. The molecule has 0 aromatic rings. The van der Waals surface area contributed by atoms with Crippen molar-refractivity contribution in [3.63, 3.8) is 0 Å². The molecule has 2 unspecified atom stereocenters. The average Bonchev–Trinajstić information content (AvgIpc) is 2.70. The second-order valence-corrected chi connectivity index (χ2v) is 9.12. The predicted octanol–water partition coefficient (Wildman–Crippen LogP) is -0.641. The Bertz CT molecular complexity index is 457. The van der Waals surface area contributed by atoms with Crippen molar-refractivity contribution >= 4 is 19.9 Å². The van der Waals surface area contributed by atoms with Crippen LogP contribution in [0.15, 0.2) is 0 Å². The van der Waals surface area contributed by atoms with Crippen LogP contribution in [-0.2, 0) is 19.9 Å². The van der Waals surface area contributed by atoms with E-state index in [2.05, 4.69) is 4.72 Å². The van der Waals surface area contributed by atoms with Gasteiger partial charge < -0.3 is 5.11 Å². The lowest BCUT2D eigenvalue weighted by Gasteiger charge is -2.17. The third kappa shape index (κ3) is 5.64.